The third-order valence-electron chi connectivity index (χ3n) is 4.79. The summed E-state index contributed by atoms with van der Waals surface area (Å²) in [6.45, 7) is 1.99. The van der Waals surface area contributed by atoms with Crippen LogP contribution in [0.4, 0.5) is 5.69 Å². The van der Waals surface area contributed by atoms with Crippen LogP contribution in [0.25, 0.3) is 0 Å². The Hall–Kier alpha value is -2.89. The number of amides is 1. The fourth-order valence-corrected chi connectivity index (χ4v) is 3.29. The number of carbonyl (C=O) groups is 2. The van der Waals surface area contributed by atoms with Crippen LogP contribution in [0.3, 0.4) is 0 Å². The van der Waals surface area contributed by atoms with E-state index in [0.717, 1.165) is 24.3 Å². The van der Waals surface area contributed by atoms with Gasteiger partial charge in [0, 0.05) is 44.8 Å². The summed E-state index contributed by atoms with van der Waals surface area (Å²) in [6, 6.07) is 11.6. The summed E-state index contributed by atoms with van der Waals surface area (Å²) in [5, 5.41) is 9.12. The molecule has 1 aliphatic rings. The maximum atomic E-state index is 12.5. The van der Waals surface area contributed by atoms with Gasteiger partial charge in [-0.2, -0.15) is 0 Å². The van der Waals surface area contributed by atoms with Gasteiger partial charge < -0.3 is 14.9 Å². The smallest absolute Gasteiger partial charge is 0.306 e. The summed E-state index contributed by atoms with van der Waals surface area (Å²) in [5.41, 5.74) is 2.69. The molecule has 0 radical (unpaired) electrons. The number of pyridine rings is 1. The standard InChI is InChI=1S/C20H23N3O3/c1-22(19(24)17-5-3-9-21-13-17)14-15-4-2-6-18(12-15)23-10-7-16(8-11-23)20(25)26/h2-6,9,12-13,16H,7-8,10-11,14H2,1H3,(H,25,26). The first-order valence-electron chi connectivity index (χ1n) is 8.77. The Bertz CT molecular complexity index is 771. The van der Waals surface area contributed by atoms with E-state index >= 15 is 0 Å². The molecule has 1 aliphatic heterocycles. The van der Waals surface area contributed by atoms with Crippen molar-refractivity contribution in [3.05, 3.63) is 59.9 Å². The highest BCUT2D eigenvalue weighted by Gasteiger charge is 2.24. The molecule has 6 nitrogen and oxygen atoms in total. The van der Waals surface area contributed by atoms with Gasteiger partial charge in [0.2, 0.25) is 0 Å². The van der Waals surface area contributed by atoms with Crippen molar-refractivity contribution in [1.82, 2.24) is 9.88 Å². The minimum atomic E-state index is -0.700. The molecular weight excluding hydrogens is 330 g/mol. The van der Waals surface area contributed by atoms with Crippen LogP contribution in [0.15, 0.2) is 48.8 Å². The van der Waals surface area contributed by atoms with Gasteiger partial charge in [-0.05, 0) is 42.7 Å². The number of rotatable bonds is 5. The van der Waals surface area contributed by atoms with Gasteiger partial charge in [-0.3, -0.25) is 14.6 Å². The maximum absolute atomic E-state index is 12.5. The van der Waals surface area contributed by atoms with Crippen LogP contribution in [0, 0.1) is 5.92 Å². The van der Waals surface area contributed by atoms with Gasteiger partial charge in [-0.1, -0.05) is 12.1 Å². The van der Waals surface area contributed by atoms with Crippen molar-refractivity contribution in [1.29, 1.82) is 0 Å². The molecule has 1 aromatic heterocycles. The molecule has 0 spiro atoms. The van der Waals surface area contributed by atoms with Crippen molar-refractivity contribution in [2.45, 2.75) is 19.4 Å². The molecule has 1 saturated heterocycles. The van der Waals surface area contributed by atoms with Crippen LogP contribution < -0.4 is 4.90 Å². The monoisotopic (exact) mass is 353 g/mol. The third kappa shape index (κ3) is 4.20. The summed E-state index contributed by atoms with van der Waals surface area (Å²) < 4.78 is 0. The van der Waals surface area contributed by atoms with Gasteiger partial charge in [0.05, 0.1) is 11.5 Å². The Morgan fingerprint density at radius 1 is 1.23 bits per heavy atom. The zero-order valence-electron chi connectivity index (χ0n) is 14.8. The van der Waals surface area contributed by atoms with E-state index in [4.69, 9.17) is 5.11 Å². The van der Waals surface area contributed by atoms with Crippen molar-refractivity contribution in [2.75, 3.05) is 25.0 Å². The first-order valence-corrected chi connectivity index (χ1v) is 8.77. The maximum Gasteiger partial charge on any atom is 0.306 e. The molecule has 3 rings (SSSR count). The molecule has 0 atom stereocenters. The zero-order chi connectivity index (χ0) is 18.5. The number of carbonyl (C=O) groups excluding carboxylic acids is 1. The number of hydrogen-bond donors (Lipinski definition) is 1. The lowest BCUT2D eigenvalue weighted by molar-refractivity contribution is -0.142. The van der Waals surface area contributed by atoms with E-state index in [1.165, 1.54) is 0 Å². The van der Waals surface area contributed by atoms with Gasteiger partial charge in [0.15, 0.2) is 0 Å². The third-order valence-corrected chi connectivity index (χ3v) is 4.79. The van der Waals surface area contributed by atoms with Gasteiger partial charge in [-0.15, -0.1) is 0 Å². The molecule has 2 aromatic rings. The highest BCUT2D eigenvalue weighted by atomic mass is 16.4. The molecule has 6 heteroatoms. The molecule has 0 unspecified atom stereocenters. The lowest BCUT2D eigenvalue weighted by Crippen LogP contribution is -2.36. The van der Waals surface area contributed by atoms with Crippen LogP contribution in [0.2, 0.25) is 0 Å². The van der Waals surface area contributed by atoms with E-state index in [-0.39, 0.29) is 11.8 Å². The molecular formula is C20H23N3O3. The molecule has 0 aliphatic carbocycles. The Kier molecular flexibility index (Phi) is 5.51. The van der Waals surface area contributed by atoms with Crippen LogP contribution >= 0.6 is 0 Å². The molecule has 136 valence electrons. The van der Waals surface area contributed by atoms with E-state index in [9.17, 15) is 9.59 Å². The Balaban J connectivity index is 1.64. The number of carboxylic acids is 1. The second-order valence-corrected chi connectivity index (χ2v) is 6.67. The summed E-state index contributed by atoms with van der Waals surface area (Å²) in [5.74, 6) is -1.00. The highest BCUT2D eigenvalue weighted by Crippen LogP contribution is 2.24. The van der Waals surface area contributed by atoms with Crippen LogP contribution in [0.5, 0.6) is 0 Å². The summed E-state index contributed by atoms with van der Waals surface area (Å²) in [7, 11) is 1.78. The van der Waals surface area contributed by atoms with Crippen LogP contribution in [-0.4, -0.2) is 47.0 Å². The van der Waals surface area contributed by atoms with Crippen molar-refractivity contribution in [2.24, 2.45) is 5.92 Å². The largest absolute Gasteiger partial charge is 0.481 e. The SMILES string of the molecule is CN(Cc1cccc(N2CCC(C(=O)O)CC2)c1)C(=O)c1cccnc1. The van der Waals surface area contributed by atoms with Crippen LogP contribution in [0.1, 0.15) is 28.8 Å². The van der Waals surface area contributed by atoms with Crippen molar-refractivity contribution < 1.29 is 14.7 Å². The number of aromatic nitrogens is 1. The van der Waals surface area contributed by atoms with E-state index in [0.29, 0.717) is 24.9 Å². The molecule has 2 heterocycles. The quantitative estimate of drug-likeness (QED) is 0.894. The number of hydrogen-bond acceptors (Lipinski definition) is 4. The molecule has 1 fully saturated rings. The minimum absolute atomic E-state index is 0.0641. The van der Waals surface area contributed by atoms with Gasteiger partial charge in [0.25, 0.3) is 5.91 Å². The van der Waals surface area contributed by atoms with Crippen LogP contribution in [-0.2, 0) is 11.3 Å². The van der Waals surface area contributed by atoms with Crippen molar-refractivity contribution >= 4 is 17.6 Å². The number of carboxylic acid groups (broad SMARTS) is 1. The van der Waals surface area contributed by atoms with E-state index in [1.807, 2.05) is 18.2 Å². The van der Waals surface area contributed by atoms with Gasteiger partial charge >= 0.3 is 5.97 Å². The Labute approximate surface area is 153 Å². The average Bonchev–Trinajstić information content (AvgIpc) is 2.68. The number of nitrogens with zero attached hydrogens (tertiary/aromatic N) is 3. The van der Waals surface area contributed by atoms with E-state index in [1.54, 1.807) is 36.5 Å². The van der Waals surface area contributed by atoms with E-state index < -0.39 is 5.97 Å². The number of benzene rings is 1. The summed E-state index contributed by atoms with van der Waals surface area (Å²) in [4.78, 5) is 31.4. The van der Waals surface area contributed by atoms with Crippen molar-refractivity contribution in [3.8, 4) is 0 Å². The summed E-state index contributed by atoms with van der Waals surface area (Å²) >= 11 is 0. The van der Waals surface area contributed by atoms with Gasteiger partial charge in [0.1, 0.15) is 0 Å². The van der Waals surface area contributed by atoms with Gasteiger partial charge in [-0.25, -0.2) is 0 Å². The fraction of sp³-hybridized carbons (Fsp3) is 0.350. The van der Waals surface area contributed by atoms with Crippen molar-refractivity contribution in [3.63, 3.8) is 0 Å². The second kappa shape index (κ2) is 7.99. The Morgan fingerprint density at radius 3 is 2.65 bits per heavy atom. The fourth-order valence-electron chi connectivity index (χ4n) is 3.29. The molecule has 26 heavy (non-hydrogen) atoms. The molecule has 1 aromatic carbocycles. The normalized spacial score (nSPS) is 14.9. The number of anilines is 1. The summed E-state index contributed by atoms with van der Waals surface area (Å²) in [6.07, 6.45) is 4.55. The lowest BCUT2D eigenvalue weighted by Gasteiger charge is -2.32. The predicted molar refractivity (Wildman–Crippen MR) is 99.0 cm³/mol. The molecule has 1 N–H and O–H groups in total. The average molecular weight is 353 g/mol. The van der Waals surface area contributed by atoms with E-state index in [2.05, 4.69) is 16.0 Å². The Morgan fingerprint density at radius 2 is 2.00 bits per heavy atom. The predicted octanol–water partition coefficient (Wildman–Crippen LogP) is 2.65. The zero-order valence-corrected chi connectivity index (χ0v) is 14.8. The highest BCUT2D eigenvalue weighted by molar-refractivity contribution is 5.93. The molecule has 0 saturated carbocycles. The first kappa shape index (κ1) is 17.9. The molecule has 1 amide bonds. The molecule has 0 bridgehead atoms. The minimum Gasteiger partial charge on any atom is -0.481 e. The number of aliphatic carboxylic acids is 1. The number of piperidine rings is 1. The first-order chi connectivity index (χ1) is 12.5. The lowest BCUT2D eigenvalue weighted by atomic mass is 9.96. The topological polar surface area (TPSA) is 73.7 Å². The second-order valence-electron chi connectivity index (χ2n) is 6.67.